The van der Waals surface area contributed by atoms with Crippen molar-refractivity contribution in [1.82, 2.24) is 9.97 Å². The Balaban J connectivity index is 2.05. The SMILES string of the molecule is Cc1cc([C@@H](C)Nc2ccccc2C(=O)O)c2ncc(C#N)nc2c1. The second-order valence-electron chi connectivity index (χ2n) is 5.81. The lowest BCUT2D eigenvalue weighted by Crippen LogP contribution is -2.12. The molecule has 0 radical (unpaired) electrons. The number of aromatic nitrogens is 2. The fraction of sp³-hybridized carbons (Fsp3) is 0.158. The Morgan fingerprint density at radius 3 is 2.80 bits per heavy atom. The van der Waals surface area contributed by atoms with Crippen LogP contribution in [0.15, 0.2) is 42.6 Å². The van der Waals surface area contributed by atoms with E-state index in [0.717, 1.165) is 11.1 Å². The third-order valence-corrected chi connectivity index (χ3v) is 3.93. The van der Waals surface area contributed by atoms with Crippen LogP contribution in [0.1, 0.15) is 40.1 Å². The minimum atomic E-state index is -0.983. The highest BCUT2D eigenvalue weighted by Gasteiger charge is 2.16. The van der Waals surface area contributed by atoms with Crippen LogP contribution in [-0.4, -0.2) is 21.0 Å². The highest BCUT2D eigenvalue weighted by molar-refractivity contribution is 5.94. The molecular weight excluding hydrogens is 316 g/mol. The highest BCUT2D eigenvalue weighted by Crippen LogP contribution is 2.27. The summed E-state index contributed by atoms with van der Waals surface area (Å²) in [6.45, 7) is 3.88. The number of carboxylic acids is 1. The Morgan fingerprint density at radius 2 is 2.08 bits per heavy atom. The molecule has 2 N–H and O–H groups in total. The number of fused-ring (bicyclic) bond motifs is 1. The van der Waals surface area contributed by atoms with Crippen LogP contribution < -0.4 is 5.32 Å². The van der Waals surface area contributed by atoms with E-state index in [1.54, 1.807) is 24.3 Å². The lowest BCUT2D eigenvalue weighted by atomic mass is 10.0. The van der Waals surface area contributed by atoms with Gasteiger partial charge in [-0.25, -0.2) is 9.78 Å². The summed E-state index contributed by atoms with van der Waals surface area (Å²) in [6, 6.07) is 12.4. The summed E-state index contributed by atoms with van der Waals surface area (Å²) in [5.74, 6) is -0.983. The zero-order chi connectivity index (χ0) is 18.0. The number of nitriles is 1. The summed E-state index contributed by atoms with van der Waals surface area (Å²) in [7, 11) is 0. The van der Waals surface area contributed by atoms with Crippen LogP contribution in [-0.2, 0) is 0 Å². The van der Waals surface area contributed by atoms with Crippen LogP contribution in [0.3, 0.4) is 0 Å². The minimum absolute atomic E-state index is 0.190. The standard InChI is InChI=1S/C19H16N4O2/c1-11-7-15(18-17(8-11)23-13(9-20)10-21-18)12(2)22-16-6-4-3-5-14(16)19(24)25/h3-8,10,12,22H,1-2H3,(H,24,25)/t12-/m1/s1. The van der Waals surface area contributed by atoms with Crippen molar-refractivity contribution in [1.29, 1.82) is 5.26 Å². The molecule has 3 aromatic rings. The monoisotopic (exact) mass is 332 g/mol. The van der Waals surface area contributed by atoms with Gasteiger partial charge in [-0.3, -0.25) is 4.98 Å². The molecule has 0 aliphatic carbocycles. The van der Waals surface area contributed by atoms with Crippen LogP contribution in [0.25, 0.3) is 11.0 Å². The first-order valence-electron chi connectivity index (χ1n) is 7.76. The van der Waals surface area contributed by atoms with Crippen molar-refractivity contribution in [2.45, 2.75) is 19.9 Å². The van der Waals surface area contributed by atoms with Gasteiger partial charge in [0, 0.05) is 11.3 Å². The average Bonchev–Trinajstić information content (AvgIpc) is 2.60. The van der Waals surface area contributed by atoms with E-state index >= 15 is 0 Å². The lowest BCUT2D eigenvalue weighted by molar-refractivity contribution is 0.0698. The molecule has 25 heavy (non-hydrogen) atoms. The molecule has 0 saturated carbocycles. The Bertz CT molecular complexity index is 1010. The number of nitrogens with one attached hydrogen (secondary N) is 1. The number of rotatable bonds is 4. The van der Waals surface area contributed by atoms with Gasteiger partial charge in [0.2, 0.25) is 0 Å². The van der Waals surface area contributed by atoms with E-state index in [2.05, 4.69) is 15.3 Å². The normalized spacial score (nSPS) is 11.7. The predicted molar refractivity (Wildman–Crippen MR) is 94.4 cm³/mol. The summed E-state index contributed by atoms with van der Waals surface area (Å²) in [6.07, 6.45) is 1.44. The third kappa shape index (κ3) is 3.26. The maximum Gasteiger partial charge on any atom is 0.337 e. The van der Waals surface area contributed by atoms with Crippen molar-refractivity contribution in [3.05, 3.63) is 65.0 Å². The number of carboxylic acid groups (broad SMARTS) is 1. The van der Waals surface area contributed by atoms with Gasteiger partial charge in [0.05, 0.1) is 28.8 Å². The van der Waals surface area contributed by atoms with Gasteiger partial charge < -0.3 is 10.4 Å². The van der Waals surface area contributed by atoms with E-state index in [1.807, 2.05) is 32.0 Å². The topological polar surface area (TPSA) is 98.9 Å². The molecular formula is C19H16N4O2. The van der Waals surface area contributed by atoms with Gasteiger partial charge in [-0.15, -0.1) is 0 Å². The zero-order valence-corrected chi connectivity index (χ0v) is 13.8. The minimum Gasteiger partial charge on any atom is -0.478 e. The van der Waals surface area contributed by atoms with E-state index in [0.29, 0.717) is 16.7 Å². The van der Waals surface area contributed by atoms with Crippen molar-refractivity contribution >= 4 is 22.7 Å². The molecule has 0 saturated heterocycles. The third-order valence-electron chi connectivity index (χ3n) is 3.93. The lowest BCUT2D eigenvalue weighted by Gasteiger charge is -2.19. The van der Waals surface area contributed by atoms with Crippen molar-refractivity contribution in [3.63, 3.8) is 0 Å². The number of hydrogen-bond donors (Lipinski definition) is 2. The Morgan fingerprint density at radius 1 is 1.32 bits per heavy atom. The predicted octanol–water partition coefficient (Wildman–Crippen LogP) is 3.68. The average molecular weight is 332 g/mol. The number of aryl methyl sites for hydroxylation is 1. The van der Waals surface area contributed by atoms with E-state index in [-0.39, 0.29) is 17.3 Å². The molecule has 6 nitrogen and oxygen atoms in total. The molecule has 6 heteroatoms. The Hall–Kier alpha value is -3.46. The first-order chi connectivity index (χ1) is 12.0. The van der Waals surface area contributed by atoms with E-state index in [4.69, 9.17) is 5.26 Å². The summed E-state index contributed by atoms with van der Waals surface area (Å²) in [4.78, 5) is 20.1. The van der Waals surface area contributed by atoms with Gasteiger partial charge in [-0.2, -0.15) is 5.26 Å². The number of para-hydroxylation sites is 1. The first kappa shape index (κ1) is 16.4. The van der Waals surface area contributed by atoms with E-state index in [1.165, 1.54) is 6.20 Å². The molecule has 0 fully saturated rings. The number of aromatic carboxylic acids is 1. The Kier molecular flexibility index (Phi) is 4.31. The largest absolute Gasteiger partial charge is 0.478 e. The van der Waals surface area contributed by atoms with Gasteiger partial charge in [0.25, 0.3) is 0 Å². The van der Waals surface area contributed by atoms with Crippen LogP contribution in [0.5, 0.6) is 0 Å². The van der Waals surface area contributed by atoms with Crippen molar-refractivity contribution in [2.24, 2.45) is 0 Å². The molecule has 0 aliphatic heterocycles. The summed E-state index contributed by atoms with van der Waals surface area (Å²) < 4.78 is 0. The summed E-state index contributed by atoms with van der Waals surface area (Å²) in [5, 5.41) is 21.6. The summed E-state index contributed by atoms with van der Waals surface area (Å²) in [5.41, 5.74) is 4.25. The number of carbonyl (C=O) groups is 1. The number of nitrogens with zero attached hydrogens (tertiary/aromatic N) is 3. The van der Waals surface area contributed by atoms with Gasteiger partial charge >= 0.3 is 5.97 Å². The molecule has 1 heterocycles. The fourth-order valence-electron chi connectivity index (χ4n) is 2.79. The van der Waals surface area contributed by atoms with Gasteiger partial charge in [-0.1, -0.05) is 18.2 Å². The highest BCUT2D eigenvalue weighted by atomic mass is 16.4. The van der Waals surface area contributed by atoms with E-state index in [9.17, 15) is 9.90 Å². The quantitative estimate of drug-likeness (QED) is 0.756. The van der Waals surface area contributed by atoms with Gasteiger partial charge in [-0.05, 0) is 37.6 Å². The van der Waals surface area contributed by atoms with Crippen molar-refractivity contribution in [2.75, 3.05) is 5.32 Å². The molecule has 0 spiro atoms. The van der Waals surface area contributed by atoms with Crippen molar-refractivity contribution in [3.8, 4) is 6.07 Å². The smallest absolute Gasteiger partial charge is 0.337 e. The molecule has 0 bridgehead atoms. The second kappa shape index (κ2) is 6.57. The van der Waals surface area contributed by atoms with Crippen LogP contribution >= 0.6 is 0 Å². The maximum absolute atomic E-state index is 11.4. The zero-order valence-electron chi connectivity index (χ0n) is 13.8. The summed E-state index contributed by atoms with van der Waals surface area (Å²) >= 11 is 0. The molecule has 1 atom stereocenters. The molecule has 0 amide bonds. The Labute approximate surface area is 144 Å². The number of anilines is 1. The molecule has 3 rings (SSSR count). The maximum atomic E-state index is 11.4. The fourth-order valence-corrected chi connectivity index (χ4v) is 2.79. The van der Waals surface area contributed by atoms with Gasteiger partial charge in [0.15, 0.2) is 5.69 Å². The van der Waals surface area contributed by atoms with Crippen LogP contribution in [0.2, 0.25) is 0 Å². The van der Waals surface area contributed by atoms with E-state index < -0.39 is 5.97 Å². The number of benzene rings is 2. The van der Waals surface area contributed by atoms with Crippen LogP contribution in [0.4, 0.5) is 5.69 Å². The van der Waals surface area contributed by atoms with Gasteiger partial charge in [0.1, 0.15) is 6.07 Å². The molecule has 0 unspecified atom stereocenters. The number of hydrogen-bond acceptors (Lipinski definition) is 5. The van der Waals surface area contributed by atoms with Crippen LogP contribution in [0, 0.1) is 18.3 Å². The molecule has 2 aromatic carbocycles. The molecule has 1 aromatic heterocycles. The second-order valence-corrected chi connectivity index (χ2v) is 5.81. The van der Waals surface area contributed by atoms with Crippen molar-refractivity contribution < 1.29 is 9.90 Å². The molecule has 0 aliphatic rings. The molecule has 124 valence electrons. The first-order valence-corrected chi connectivity index (χ1v) is 7.76.